The van der Waals surface area contributed by atoms with Crippen molar-refractivity contribution in [3.8, 4) is 5.75 Å². The van der Waals surface area contributed by atoms with Crippen LogP contribution < -0.4 is 4.74 Å². The average Bonchev–Trinajstić information content (AvgIpc) is 2.27. The van der Waals surface area contributed by atoms with Gasteiger partial charge in [0.25, 0.3) is 5.91 Å². The fourth-order valence-electron chi connectivity index (χ4n) is 1.54. The van der Waals surface area contributed by atoms with Crippen LogP contribution >= 0.6 is 0 Å². The van der Waals surface area contributed by atoms with Crippen molar-refractivity contribution in [2.24, 2.45) is 0 Å². The summed E-state index contributed by atoms with van der Waals surface area (Å²) in [5, 5.41) is 9.61. The molecule has 0 spiro atoms. The highest BCUT2D eigenvalue weighted by Crippen LogP contribution is 2.14. The van der Waals surface area contributed by atoms with Crippen LogP contribution in [0.5, 0.6) is 5.75 Å². The van der Waals surface area contributed by atoms with E-state index >= 15 is 0 Å². The number of hydrogen-bond donors (Lipinski definition) is 1. The number of benzene rings is 1. The maximum Gasteiger partial charge on any atom is 0.253 e. The molecule has 4 heteroatoms. The number of hydrogen-bond acceptors (Lipinski definition) is 3. The molecule has 0 radical (unpaired) electrons. The van der Waals surface area contributed by atoms with E-state index in [4.69, 9.17) is 4.74 Å². The standard InChI is InChI=1S/C13H19NO3/c1-13(2,16)12(15)14(3)9-10-5-7-11(17-4)8-6-10/h5-8,16H,9H2,1-4H3. The van der Waals surface area contributed by atoms with Crippen molar-refractivity contribution in [2.75, 3.05) is 14.2 Å². The summed E-state index contributed by atoms with van der Waals surface area (Å²) in [6.45, 7) is 3.44. The Morgan fingerprint density at radius 1 is 1.35 bits per heavy atom. The normalized spacial score (nSPS) is 11.1. The molecule has 0 saturated carbocycles. The van der Waals surface area contributed by atoms with Gasteiger partial charge < -0.3 is 14.7 Å². The molecule has 0 bridgehead atoms. The molecule has 17 heavy (non-hydrogen) atoms. The van der Waals surface area contributed by atoms with Gasteiger partial charge in [0.15, 0.2) is 0 Å². The van der Waals surface area contributed by atoms with Gasteiger partial charge >= 0.3 is 0 Å². The van der Waals surface area contributed by atoms with Crippen LogP contribution in [0.15, 0.2) is 24.3 Å². The van der Waals surface area contributed by atoms with E-state index in [2.05, 4.69) is 0 Å². The van der Waals surface area contributed by atoms with Crippen molar-refractivity contribution in [3.05, 3.63) is 29.8 Å². The number of aliphatic hydroxyl groups is 1. The summed E-state index contributed by atoms with van der Waals surface area (Å²) < 4.78 is 5.06. The summed E-state index contributed by atoms with van der Waals surface area (Å²) in [7, 11) is 3.28. The minimum absolute atomic E-state index is 0.298. The maximum atomic E-state index is 11.7. The molecule has 0 aliphatic heterocycles. The molecule has 0 atom stereocenters. The molecule has 1 aromatic rings. The fourth-order valence-corrected chi connectivity index (χ4v) is 1.54. The molecular weight excluding hydrogens is 218 g/mol. The third kappa shape index (κ3) is 3.75. The first-order valence-corrected chi connectivity index (χ1v) is 5.45. The number of amides is 1. The second kappa shape index (κ2) is 5.19. The van der Waals surface area contributed by atoms with Crippen LogP contribution in [0.25, 0.3) is 0 Å². The highest BCUT2D eigenvalue weighted by molar-refractivity contribution is 5.83. The third-order valence-electron chi connectivity index (χ3n) is 2.45. The molecule has 1 rings (SSSR count). The largest absolute Gasteiger partial charge is 0.497 e. The van der Waals surface area contributed by atoms with Crippen molar-refractivity contribution >= 4 is 5.91 Å². The molecule has 1 aromatic carbocycles. The molecule has 4 nitrogen and oxygen atoms in total. The first kappa shape index (κ1) is 13.5. The van der Waals surface area contributed by atoms with Gasteiger partial charge in [-0.15, -0.1) is 0 Å². The molecule has 1 amide bonds. The average molecular weight is 237 g/mol. The predicted octanol–water partition coefficient (Wildman–Crippen LogP) is 1.42. The van der Waals surface area contributed by atoms with Gasteiger partial charge in [0.05, 0.1) is 7.11 Å². The van der Waals surface area contributed by atoms with Gasteiger partial charge in [0, 0.05) is 13.6 Å². The monoisotopic (exact) mass is 237 g/mol. The van der Waals surface area contributed by atoms with Gasteiger partial charge in [0.1, 0.15) is 11.4 Å². The minimum atomic E-state index is -1.33. The maximum absolute atomic E-state index is 11.7. The van der Waals surface area contributed by atoms with E-state index in [0.717, 1.165) is 11.3 Å². The van der Waals surface area contributed by atoms with Crippen molar-refractivity contribution in [1.29, 1.82) is 0 Å². The van der Waals surface area contributed by atoms with Crippen LogP contribution in [-0.2, 0) is 11.3 Å². The highest BCUT2D eigenvalue weighted by atomic mass is 16.5. The summed E-state index contributed by atoms with van der Waals surface area (Å²) in [4.78, 5) is 13.2. The Morgan fingerprint density at radius 3 is 2.29 bits per heavy atom. The van der Waals surface area contributed by atoms with E-state index in [9.17, 15) is 9.90 Å². The molecule has 0 fully saturated rings. The number of methoxy groups -OCH3 is 1. The van der Waals surface area contributed by atoms with E-state index in [-0.39, 0.29) is 5.91 Å². The van der Waals surface area contributed by atoms with Gasteiger partial charge in [-0.1, -0.05) is 12.1 Å². The molecular formula is C13H19NO3. The lowest BCUT2D eigenvalue weighted by atomic mass is 10.1. The summed E-state index contributed by atoms with van der Waals surface area (Å²) in [5.41, 5.74) is -0.341. The van der Waals surface area contributed by atoms with Crippen molar-refractivity contribution < 1.29 is 14.6 Å². The first-order chi connectivity index (χ1) is 7.84. The van der Waals surface area contributed by atoms with E-state index in [1.165, 1.54) is 18.7 Å². The Bertz CT molecular complexity index is 379. The van der Waals surface area contributed by atoms with Gasteiger partial charge in [-0.2, -0.15) is 0 Å². The second-order valence-corrected chi connectivity index (χ2v) is 4.57. The molecule has 0 aliphatic carbocycles. The Hall–Kier alpha value is -1.55. The number of likely N-dealkylation sites (N-methyl/N-ethyl adjacent to an activating group) is 1. The Labute approximate surface area is 102 Å². The van der Waals surface area contributed by atoms with E-state index in [1.807, 2.05) is 24.3 Å². The van der Waals surface area contributed by atoms with Crippen LogP contribution in [-0.4, -0.2) is 35.7 Å². The summed E-state index contributed by atoms with van der Waals surface area (Å²) in [6.07, 6.45) is 0. The number of ether oxygens (including phenoxy) is 1. The van der Waals surface area contributed by atoms with Crippen LogP contribution in [0.2, 0.25) is 0 Å². The molecule has 0 saturated heterocycles. The zero-order valence-corrected chi connectivity index (χ0v) is 10.7. The fraction of sp³-hybridized carbons (Fsp3) is 0.462. The van der Waals surface area contributed by atoms with Crippen molar-refractivity contribution in [1.82, 2.24) is 4.90 Å². The lowest BCUT2D eigenvalue weighted by molar-refractivity contribution is -0.146. The van der Waals surface area contributed by atoms with Crippen molar-refractivity contribution in [3.63, 3.8) is 0 Å². The molecule has 1 N–H and O–H groups in total. The van der Waals surface area contributed by atoms with Crippen LogP contribution in [0, 0.1) is 0 Å². The Balaban J connectivity index is 2.68. The lowest BCUT2D eigenvalue weighted by Gasteiger charge is -2.25. The van der Waals surface area contributed by atoms with Crippen molar-refractivity contribution in [2.45, 2.75) is 26.0 Å². The molecule has 94 valence electrons. The number of nitrogens with zero attached hydrogens (tertiary/aromatic N) is 1. The SMILES string of the molecule is COc1ccc(CN(C)C(=O)C(C)(C)O)cc1. The quantitative estimate of drug-likeness (QED) is 0.861. The zero-order chi connectivity index (χ0) is 13.1. The lowest BCUT2D eigenvalue weighted by Crippen LogP contribution is -2.42. The van der Waals surface area contributed by atoms with E-state index in [1.54, 1.807) is 14.2 Å². The molecule has 0 unspecified atom stereocenters. The smallest absolute Gasteiger partial charge is 0.253 e. The van der Waals surface area contributed by atoms with Crippen LogP contribution in [0.4, 0.5) is 0 Å². The van der Waals surface area contributed by atoms with Crippen LogP contribution in [0.3, 0.4) is 0 Å². The van der Waals surface area contributed by atoms with E-state index < -0.39 is 5.60 Å². The summed E-state index contributed by atoms with van der Waals surface area (Å²) in [5.74, 6) is 0.485. The summed E-state index contributed by atoms with van der Waals surface area (Å²) >= 11 is 0. The summed E-state index contributed by atoms with van der Waals surface area (Å²) in [6, 6.07) is 7.48. The molecule has 0 heterocycles. The topological polar surface area (TPSA) is 49.8 Å². The highest BCUT2D eigenvalue weighted by Gasteiger charge is 2.27. The van der Waals surface area contributed by atoms with Gasteiger partial charge in [-0.05, 0) is 31.5 Å². The van der Waals surface area contributed by atoms with Gasteiger partial charge in [-0.25, -0.2) is 0 Å². The van der Waals surface area contributed by atoms with E-state index in [0.29, 0.717) is 6.54 Å². The number of carbonyl (C=O) groups is 1. The van der Waals surface area contributed by atoms with Crippen LogP contribution in [0.1, 0.15) is 19.4 Å². The third-order valence-corrected chi connectivity index (χ3v) is 2.45. The predicted molar refractivity (Wildman–Crippen MR) is 65.8 cm³/mol. The molecule has 0 aliphatic rings. The van der Waals surface area contributed by atoms with Gasteiger partial charge in [-0.3, -0.25) is 4.79 Å². The first-order valence-electron chi connectivity index (χ1n) is 5.45. The van der Waals surface area contributed by atoms with Gasteiger partial charge in [0.2, 0.25) is 0 Å². The second-order valence-electron chi connectivity index (χ2n) is 4.57. The minimum Gasteiger partial charge on any atom is -0.497 e. The zero-order valence-electron chi connectivity index (χ0n) is 10.7. The Kier molecular flexibility index (Phi) is 4.12. The number of rotatable bonds is 4. The number of carbonyl (C=O) groups excluding carboxylic acids is 1. The Morgan fingerprint density at radius 2 is 1.88 bits per heavy atom. The molecule has 0 aromatic heterocycles.